The number of likely N-dealkylation sites (N-methyl/N-ethyl adjacent to an activating group) is 1. The molecular formula is C23H30N6O3S. The van der Waals surface area contributed by atoms with Crippen LogP contribution in [0.5, 0.6) is 0 Å². The second-order valence-electron chi connectivity index (χ2n) is 8.80. The Hall–Kier alpha value is -2.98. The smallest absolute Gasteiger partial charge is 0.263 e. The van der Waals surface area contributed by atoms with Crippen molar-refractivity contribution in [3.8, 4) is 0 Å². The van der Waals surface area contributed by atoms with E-state index in [9.17, 15) is 13.2 Å². The van der Waals surface area contributed by atoms with Gasteiger partial charge in [-0.2, -0.15) is 0 Å². The molecule has 1 amide bonds. The molecule has 4 rings (SSSR count). The van der Waals surface area contributed by atoms with Crippen molar-refractivity contribution in [3.05, 3.63) is 53.7 Å². The van der Waals surface area contributed by atoms with Crippen LogP contribution in [0.25, 0.3) is 0 Å². The van der Waals surface area contributed by atoms with E-state index in [1.54, 1.807) is 24.4 Å². The maximum Gasteiger partial charge on any atom is 0.263 e. The van der Waals surface area contributed by atoms with Gasteiger partial charge in [0.05, 0.1) is 4.90 Å². The van der Waals surface area contributed by atoms with Gasteiger partial charge in [0.2, 0.25) is 5.91 Å². The molecule has 9 nitrogen and oxygen atoms in total. The van der Waals surface area contributed by atoms with Gasteiger partial charge in [-0.15, -0.1) is 0 Å². The SMILES string of the molecule is CC(C)[C@H](N=C1NS(=O)(=O)c2ccccc21)C(=O)NCc1ccc(N2CCN(C)CC2)nc1. The number of rotatable bonds is 6. The van der Waals surface area contributed by atoms with Crippen LogP contribution in [-0.4, -0.2) is 69.3 Å². The molecule has 1 fully saturated rings. The highest BCUT2D eigenvalue weighted by Crippen LogP contribution is 2.23. The Balaban J connectivity index is 1.42. The maximum atomic E-state index is 12.9. The topological polar surface area (TPSA) is 107 Å². The second-order valence-corrected chi connectivity index (χ2v) is 10.5. The lowest BCUT2D eigenvalue weighted by Gasteiger charge is -2.33. The van der Waals surface area contributed by atoms with Gasteiger partial charge in [-0.25, -0.2) is 13.4 Å². The summed E-state index contributed by atoms with van der Waals surface area (Å²) in [5, 5.41) is 2.92. The maximum absolute atomic E-state index is 12.9. The summed E-state index contributed by atoms with van der Waals surface area (Å²) in [4.78, 5) is 26.7. The summed E-state index contributed by atoms with van der Waals surface area (Å²) in [5.74, 6) is 0.770. The molecular weight excluding hydrogens is 440 g/mol. The number of benzene rings is 1. The van der Waals surface area contributed by atoms with E-state index >= 15 is 0 Å². The van der Waals surface area contributed by atoms with E-state index in [-0.39, 0.29) is 22.6 Å². The van der Waals surface area contributed by atoms with Crippen LogP contribution in [0.2, 0.25) is 0 Å². The summed E-state index contributed by atoms with van der Waals surface area (Å²) in [6.07, 6.45) is 1.78. The largest absolute Gasteiger partial charge is 0.354 e. The Morgan fingerprint density at radius 1 is 1.15 bits per heavy atom. The quantitative estimate of drug-likeness (QED) is 0.657. The number of amidine groups is 1. The third kappa shape index (κ3) is 5.17. The van der Waals surface area contributed by atoms with Gasteiger partial charge in [-0.05, 0) is 36.7 Å². The van der Waals surface area contributed by atoms with Crippen LogP contribution in [-0.2, 0) is 21.4 Å². The van der Waals surface area contributed by atoms with E-state index in [0.717, 1.165) is 37.6 Å². The van der Waals surface area contributed by atoms with Crippen LogP contribution in [0.1, 0.15) is 25.0 Å². The summed E-state index contributed by atoms with van der Waals surface area (Å²) < 4.78 is 27.2. The van der Waals surface area contributed by atoms with Gasteiger partial charge in [-0.1, -0.05) is 32.0 Å². The molecule has 0 aliphatic carbocycles. The molecule has 0 spiro atoms. The third-order valence-electron chi connectivity index (χ3n) is 5.93. The summed E-state index contributed by atoms with van der Waals surface area (Å²) in [6.45, 7) is 8.02. The van der Waals surface area contributed by atoms with Gasteiger partial charge in [0, 0.05) is 44.5 Å². The fraction of sp³-hybridized carbons (Fsp3) is 0.435. The first-order valence-corrected chi connectivity index (χ1v) is 12.6. The molecule has 1 atom stereocenters. The van der Waals surface area contributed by atoms with Crippen LogP contribution >= 0.6 is 0 Å². The highest BCUT2D eigenvalue weighted by atomic mass is 32.2. The lowest BCUT2D eigenvalue weighted by atomic mass is 10.0. The lowest BCUT2D eigenvalue weighted by molar-refractivity contribution is -0.123. The van der Waals surface area contributed by atoms with Crippen molar-refractivity contribution in [1.82, 2.24) is 19.9 Å². The summed E-state index contributed by atoms with van der Waals surface area (Å²) in [6, 6.07) is 9.86. The fourth-order valence-electron chi connectivity index (χ4n) is 3.92. The first-order chi connectivity index (χ1) is 15.7. The molecule has 1 aromatic heterocycles. The first kappa shape index (κ1) is 23.2. The van der Waals surface area contributed by atoms with Crippen LogP contribution < -0.4 is 14.9 Å². The van der Waals surface area contributed by atoms with E-state index in [2.05, 4.69) is 36.9 Å². The molecule has 2 aliphatic heterocycles. The third-order valence-corrected chi connectivity index (χ3v) is 7.33. The molecule has 33 heavy (non-hydrogen) atoms. The highest BCUT2D eigenvalue weighted by molar-refractivity contribution is 7.90. The number of carbonyl (C=O) groups is 1. The Bertz CT molecular complexity index is 1140. The minimum atomic E-state index is -3.65. The fourth-order valence-corrected chi connectivity index (χ4v) is 5.16. The zero-order valence-electron chi connectivity index (χ0n) is 19.2. The number of fused-ring (bicyclic) bond motifs is 1. The average Bonchev–Trinajstić information content (AvgIpc) is 3.06. The summed E-state index contributed by atoms with van der Waals surface area (Å²) in [7, 11) is -1.53. The van der Waals surface area contributed by atoms with Gasteiger partial charge < -0.3 is 15.1 Å². The van der Waals surface area contributed by atoms with Gasteiger partial charge in [-0.3, -0.25) is 14.5 Å². The number of hydrogen-bond donors (Lipinski definition) is 2. The lowest BCUT2D eigenvalue weighted by Crippen LogP contribution is -2.44. The number of nitrogens with one attached hydrogen (secondary N) is 2. The van der Waals surface area contributed by atoms with E-state index < -0.39 is 16.1 Å². The summed E-state index contributed by atoms with van der Waals surface area (Å²) >= 11 is 0. The number of pyridine rings is 1. The first-order valence-electron chi connectivity index (χ1n) is 11.1. The van der Waals surface area contributed by atoms with Gasteiger partial charge in [0.1, 0.15) is 17.7 Å². The molecule has 1 aromatic carbocycles. The molecule has 2 aromatic rings. The van der Waals surface area contributed by atoms with Crippen LogP contribution in [0.4, 0.5) is 5.82 Å². The predicted octanol–water partition coefficient (Wildman–Crippen LogP) is 1.21. The van der Waals surface area contributed by atoms with Crippen molar-refractivity contribution in [3.63, 3.8) is 0 Å². The number of hydrogen-bond acceptors (Lipinski definition) is 7. The number of sulfonamides is 1. The monoisotopic (exact) mass is 470 g/mol. The Kier molecular flexibility index (Phi) is 6.66. The average molecular weight is 471 g/mol. The van der Waals surface area contributed by atoms with Crippen molar-refractivity contribution in [2.24, 2.45) is 10.9 Å². The Labute approximate surface area is 195 Å². The van der Waals surface area contributed by atoms with Gasteiger partial charge in [0.15, 0.2) is 0 Å². The van der Waals surface area contributed by atoms with Crippen molar-refractivity contribution in [1.29, 1.82) is 0 Å². The predicted molar refractivity (Wildman–Crippen MR) is 128 cm³/mol. The van der Waals surface area contributed by atoms with E-state index in [0.29, 0.717) is 12.1 Å². The molecule has 0 bridgehead atoms. The van der Waals surface area contributed by atoms with Crippen LogP contribution in [0, 0.1) is 5.92 Å². The van der Waals surface area contributed by atoms with Crippen molar-refractivity contribution in [2.45, 2.75) is 31.3 Å². The van der Waals surface area contributed by atoms with Crippen molar-refractivity contribution in [2.75, 3.05) is 38.1 Å². The normalized spacial score (nSPS) is 19.9. The number of aliphatic imine (C=N–C) groups is 1. The van der Waals surface area contributed by atoms with Gasteiger partial charge in [0.25, 0.3) is 10.0 Å². The van der Waals surface area contributed by atoms with Crippen LogP contribution in [0.15, 0.2) is 52.5 Å². The highest BCUT2D eigenvalue weighted by Gasteiger charge is 2.32. The minimum Gasteiger partial charge on any atom is -0.354 e. The number of anilines is 1. The molecule has 10 heteroatoms. The Morgan fingerprint density at radius 3 is 2.55 bits per heavy atom. The molecule has 2 aliphatic rings. The zero-order chi connectivity index (χ0) is 23.6. The molecule has 2 N–H and O–H groups in total. The number of carbonyl (C=O) groups excluding carboxylic acids is 1. The molecule has 3 heterocycles. The number of nitrogens with zero attached hydrogens (tertiary/aromatic N) is 4. The minimum absolute atomic E-state index is 0.118. The Morgan fingerprint density at radius 2 is 1.88 bits per heavy atom. The molecule has 0 radical (unpaired) electrons. The molecule has 0 saturated carbocycles. The van der Waals surface area contributed by atoms with E-state index in [1.165, 1.54) is 6.07 Å². The number of aromatic nitrogens is 1. The molecule has 1 saturated heterocycles. The zero-order valence-corrected chi connectivity index (χ0v) is 20.0. The van der Waals surface area contributed by atoms with Crippen LogP contribution in [0.3, 0.4) is 0 Å². The molecule has 176 valence electrons. The van der Waals surface area contributed by atoms with Crippen molar-refractivity contribution < 1.29 is 13.2 Å². The summed E-state index contributed by atoms with van der Waals surface area (Å²) in [5.41, 5.74) is 1.38. The van der Waals surface area contributed by atoms with E-state index in [4.69, 9.17) is 0 Å². The van der Waals surface area contributed by atoms with E-state index in [1.807, 2.05) is 26.0 Å². The number of amides is 1. The second kappa shape index (κ2) is 9.48. The standard InChI is InChI=1S/C23H30N6O3S/c1-16(2)21(26-22-18-6-4-5-7-19(18)33(31,32)27-22)23(30)25-15-17-8-9-20(24-14-17)29-12-10-28(3)11-13-29/h4-9,14,16,21H,10-13,15H2,1-3H3,(H,25,30)(H,26,27)/t21-/m0/s1. The van der Waals surface area contributed by atoms with Gasteiger partial charge >= 0.3 is 0 Å². The van der Waals surface area contributed by atoms with Crippen molar-refractivity contribution >= 4 is 27.6 Å². The number of piperazine rings is 1. The molecule has 0 unspecified atom stereocenters.